The Labute approximate surface area is 210 Å². The van der Waals surface area contributed by atoms with Crippen molar-refractivity contribution < 1.29 is 9.68 Å². The van der Waals surface area contributed by atoms with E-state index in [0.717, 1.165) is 33.9 Å². The van der Waals surface area contributed by atoms with Crippen LogP contribution in [0.5, 0.6) is 11.5 Å². The number of hydroxylamine groups is 2. The lowest BCUT2D eigenvalue weighted by molar-refractivity contribution is 0.224. The molecule has 2 N–H and O–H groups in total. The monoisotopic (exact) mass is 478 g/mol. The lowest BCUT2D eigenvalue weighted by Gasteiger charge is -2.01. The van der Waals surface area contributed by atoms with Gasteiger partial charge in [-0.25, -0.2) is 0 Å². The van der Waals surface area contributed by atoms with Crippen molar-refractivity contribution in [1.29, 1.82) is 0 Å². The summed E-state index contributed by atoms with van der Waals surface area (Å²) in [6, 6.07) is 30.4. The first-order valence-electron chi connectivity index (χ1n) is 11.3. The molecule has 4 aromatic rings. The van der Waals surface area contributed by atoms with Crippen LogP contribution in [0.15, 0.2) is 118 Å². The maximum atomic E-state index is 5.19. The maximum absolute atomic E-state index is 5.19. The van der Waals surface area contributed by atoms with Crippen LogP contribution < -0.4 is 20.6 Å². The Kier molecular flexibility index (Phi) is 8.63. The third kappa shape index (κ3) is 7.42. The standard InChI is InChI=1S/C28H26N6O2/c1-29-35-27-17-13-25(14-18-27)33-31-23-9-5-21(6-10-23)3-4-22-7-11-24(12-8-22)32-34-26-15-19-28(20-16-26)36-30-2/h3-20,29-30H,1-2H3/b4-3+,33-31+,34-32+. The van der Waals surface area contributed by atoms with Crippen LogP contribution in [0.3, 0.4) is 0 Å². The smallest absolute Gasteiger partial charge is 0.147 e. The number of benzene rings is 4. The number of rotatable bonds is 10. The minimum absolute atomic E-state index is 0.716. The van der Waals surface area contributed by atoms with E-state index in [0.29, 0.717) is 11.5 Å². The van der Waals surface area contributed by atoms with Gasteiger partial charge in [0.1, 0.15) is 11.5 Å². The molecule has 0 fully saturated rings. The van der Waals surface area contributed by atoms with Crippen molar-refractivity contribution >= 4 is 34.9 Å². The Hall–Kier alpha value is -4.66. The molecule has 0 amide bonds. The van der Waals surface area contributed by atoms with E-state index in [2.05, 4.69) is 31.4 Å². The van der Waals surface area contributed by atoms with Gasteiger partial charge in [0, 0.05) is 14.1 Å². The van der Waals surface area contributed by atoms with Crippen LogP contribution in [0.1, 0.15) is 11.1 Å². The molecule has 0 heterocycles. The van der Waals surface area contributed by atoms with Gasteiger partial charge in [-0.1, -0.05) is 36.4 Å². The van der Waals surface area contributed by atoms with Gasteiger partial charge in [0.25, 0.3) is 0 Å². The highest BCUT2D eigenvalue weighted by molar-refractivity contribution is 5.70. The summed E-state index contributed by atoms with van der Waals surface area (Å²) in [7, 11) is 3.42. The van der Waals surface area contributed by atoms with Crippen LogP contribution >= 0.6 is 0 Å². The molecule has 4 rings (SSSR count). The van der Waals surface area contributed by atoms with Gasteiger partial charge in [-0.2, -0.15) is 31.4 Å². The van der Waals surface area contributed by atoms with Crippen molar-refractivity contribution in [2.45, 2.75) is 0 Å². The summed E-state index contributed by atoms with van der Waals surface area (Å²) in [5.41, 5.74) is 10.5. The minimum atomic E-state index is 0.716. The fraction of sp³-hybridized carbons (Fsp3) is 0.0714. The topological polar surface area (TPSA) is 92.0 Å². The molecule has 0 aliphatic heterocycles. The van der Waals surface area contributed by atoms with E-state index >= 15 is 0 Å². The SMILES string of the molecule is CNOc1ccc(/N=N/c2ccc(/C=C/c3ccc(/N=N/c4ccc(ONC)cc4)cc3)cc2)cc1. The summed E-state index contributed by atoms with van der Waals surface area (Å²) in [4.78, 5) is 10.4. The number of hydrogen-bond acceptors (Lipinski definition) is 8. The zero-order chi connectivity index (χ0) is 25.0. The second kappa shape index (κ2) is 12.7. The lowest BCUT2D eigenvalue weighted by atomic mass is 10.1. The van der Waals surface area contributed by atoms with Crippen LogP contribution in [0.25, 0.3) is 12.2 Å². The fourth-order valence-corrected chi connectivity index (χ4v) is 3.12. The molecule has 0 unspecified atom stereocenters. The molecule has 0 radical (unpaired) electrons. The molecule has 0 saturated carbocycles. The largest absolute Gasteiger partial charge is 0.409 e. The zero-order valence-electron chi connectivity index (χ0n) is 20.0. The molecule has 0 bridgehead atoms. The fourth-order valence-electron chi connectivity index (χ4n) is 3.12. The van der Waals surface area contributed by atoms with Crippen molar-refractivity contribution in [1.82, 2.24) is 11.0 Å². The third-order valence-corrected chi connectivity index (χ3v) is 4.93. The van der Waals surface area contributed by atoms with Crippen molar-refractivity contribution in [3.63, 3.8) is 0 Å². The van der Waals surface area contributed by atoms with Gasteiger partial charge in [0.2, 0.25) is 0 Å². The molecule has 8 heteroatoms. The third-order valence-electron chi connectivity index (χ3n) is 4.93. The molecule has 0 saturated heterocycles. The number of azo groups is 2. The highest BCUT2D eigenvalue weighted by Gasteiger charge is 1.97. The molecule has 4 aromatic carbocycles. The van der Waals surface area contributed by atoms with Crippen molar-refractivity contribution in [2.75, 3.05) is 14.1 Å². The second-order valence-electron chi connectivity index (χ2n) is 7.52. The first-order valence-corrected chi connectivity index (χ1v) is 11.3. The molecule has 180 valence electrons. The first kappa shape index (κ1) is 24.5. The molecule has 0 aromatic heterocycles. The van der Waals surface area contributed by atoms with E-state index in [4.69, 9.17) is 9.68 Å². The van der Waals surface area contributed by atoms with Gasteiger partial charge < -0.3 is 9.68 Å². The second-order valence-corrected chi connectivity index (χ2v) is 7.52. The average molecular weight is 479 g/mol. The van der Waals surface area contributed by atoms with Crippen LogP contribution in [-0.4, -0.2) is 14.1 Å². The Morgan fingerprint density at radius 3 is 1.00 bits per heavy atom. The Bertz CT molecular complexity index is 1210. The van der Waals surface area contributed by atoms with Crippen molar-refractivity contribution in [3.8, 4) is 11.5 Å². The summed E-state index contributed by atoms with van der Waals surface area (Å²) < 4.78 is 0. The maximum Gasteiger partial charge on any atom is 0.147 e. The molecule has 8 nitrogen and oxygen atoms in total. The zero-order valence-corrected chi connectivity index (χ0v) is 20.0. The minimum Gasteiger partial charge on any atom is -0.409 e. The van der Waals surface area contributed by atoms with E-state index < -0.39 is 0 Å². The van der Waals surface area contributed by atoms with Gasteiger partial charge in [0.05, 0.1) is 22.7 Å². The normalized spacial score (nSPS) is 11.5. The van der Waals surface area contributed by atoms with Gasteiger partial charge in [-0.3, -0.25) is 0 Å². The number of nitrogens with zero attached hydrogens (tertiary/aromatic N) is 4. The first-order chi connectivity index (χ1) is 17.7. The van der Waals surface area contributed by atoms with E-state index in [1.807, 2.05) is 109 Å². The van der Waals surface area contributed by atoms with E-state index in [9.17, 15) is 0 Å². The van der Waals surface area contributed by atoms with Crippen LogP contribution in [0, 0.1) is 0 Å². The predicted octanol–water partition coefficient (Wildman–Crippen LogP) is 7.71. The Morgan fingerprint density at radius 1 is 0.444 bits per heavy atom. The van der Waals surface area contributed by atoms with Crippen LogP contribution in [-0.2, 0) is 0 Å². The summed E-state index contributed by atoms with van der Waals surface area (Å²) in [6.07, 6.45) is 4.10. The predicted molar refractivity (Wildman–Crippen MR) is 142 cm³/mol. The number of hydrogen-bond donors (Lipinski definition) is 2. The molecule has 0 aliphatic rings. The molecule has 0 spiro atoms. The average Bonchev–Trinajstić information content (AvgIpc) is 2.93. The van der Waals surface area contributed by atoms with E-state index in [-0.39, 0.29) is 0 Å². The van der Waals surface area contributed by atoms with Gasteiger partial charge >= 0.3 is 0 Å². The summed E-state index contributed by atoms with van der Waals surface area (Å²) in [5.74, 6) is 1.43. The van der Waals surface area contributed by atoms with Crippen molar-refractivity contribution in [2.24, 2.45) is 20.5 Å². The van der Waals surface area contributed by atoms with E-state index in [1.165, 1.54) is 0 Å². The Balaban J connectivity index is 1.31. The highest BCUT2D eigenvalue weighted by Crippen LogP contribution is 2.23. The van der Waals surface area contributed by atoms with Crippen LogP contribution in [0.2, 0.25) is 0 Å². The molecular weight excluding hydrogens is 452 g/mol. The Morgan fingerprint density at radius 2 is 0.722 bits per heavy atom. The lowest BCUT2D eigenvalue weighted by Crippen LogP contribution is -2.10. The summed E-state index contributed by atoms with van der Waals surface area (Å²) >= 11 is 0. The van der Waals surface area contributed by atoms with E-state index in [1.54, 1.807) is 14.1 Å². The van der Waals surface area contributed by atoms with Gasteiger partial charge in [0.15, 0.2) is 0 Å². The quantitative estimate of drug-likeness (QED) is 0.139. The molecule has 0 aliphatic carbocycles. The summed E-state index contributed by atoms with van der Waals surface area (Å²) in [6.45, 7) is 0. The summed E-state index contributed by atoms with van der Waals surface area (Å²) in [5, 5.41) is 17.1. The van der Waals surface area contributed by atoms with Crippen molar-refractivity contribution in [3.05, 3.63) is 108 Å². The van der Waals surface area contributed by atoms with Gasteiger partial charge in [-0.05, 0) is 83.9 Å². The highest BCUT2D eigenvalue weighted by atomic mass is 16.6. The molecule has 36 heavy (non-hydrogen) atoms. The molecular formula is C28H26N6O2. The number of nitrogens with one attached hydrogen (secondary N) is 2. The van der Waals surface area contributed by atoms with Crippen LogP contribution in [0.4, 0.5) is 22.7 Å². The van der Waals surface area contributed by atoms with Gasteiger partial charge in [-0.15, -0.1) is 0 Å². The molecule has 0 atom stereocenters.